The number of amides is 1. The highest BCUT2D eigenvalue weighted by atomic mass is 32.2. The summed E-state index contributed by atoms with van der Waals surface area (Å²) in [5.74, 6) is -0.770. The first-order valence-electron chi connectivity index (χ1n) is 4.35. The van der Waals surface area contributed by atoms with Gasteiger partial charge in [-0.15, -0.1) is 0 Å². The van der Waals surface area contributed by atoms with Crippen LogP contribution in [0.2, 0.25) is 0 Å². The zero-order chi connectivity index (χ0) is 11.6. The lowest BCUT2D eigenvalue weighted by Crippen LogP contribution is -2.34. The van der Waals surface area contributed by atoms with E-state index in [4.69, 9.17) is 5.73 Å². The predicted octanol–water partition coefficient (Wildman–Crippen LogP) is -0.368. The van der Waals surface area contributed by atoms with Crippen LogP contribution in [0.1, 0.15) is 17.4 Å². The van der Waals surface area contributed by atoms with Crippen LogP contribution in [0, 0.1) is 0 Å². The smallest absolute Gasteiger partial charge is 0.307 e. The molecule has 1 heterocycles. The molecule has 0 saturated heterocycles. The molecule has 2 N–H and O–H groups in total. The van der Waals surface area contributed by atoms with Crippen molar-refractivity contribution < 1.29 is 13.2 Å². The average molecular weight is 231 g/mol. The number of hydrogen-bond donors (Lipinski definition) is 1. The Bertz CT molecular complexity index is 463. The minimum Gasteiger partial charge on any atom is -0.364 e. The second kappa shape index (κ2) is 4.03. The molecule has 0 unspecified atom stereocenters. The molecule has 0 fully saturated rings. The normalized spacial score (nSPS) is 11.9. The van der Waals surface area contributed by atoms with E-state index in [9.17, 15) is 13.2 Å². The van der Waals surface area contributed by atoms with E-state index in [1.807, 2.05) is 0 Å². The lowest BCUT2D eigenvalue weighted by Gasteiger charge is -2.16. The van der Waals surface area contributed by atoms with Gasteiger partial charge in [-0.05, 0) is 12.1 Å². The van der Waals surface area contributed by atoms with E-state index in [-0.39, 0.29) is 5.69 Å². The molecule has 0 aliphatic rings. The maximum absolute atomic E-state index is 11.8. The van der Waals surface area contributed by atoms with Crippen molar-refractivity contribution in [1.82, 2.24) is 8.28 Å². The highest BCUT2D eigenvalue weighted by Crippen LogP contribution is 2.09. The topological polar surface area (TPSA) is 85.4 Å². The molecule has 7 heteroatoms. The SMILES string of the molecule is CCN(C)S(=O)(=O)n1cccc1C(N)=O. The fourth-order valence-corrected chi connectivity index (χ4v) is 2.32. The molecule has 0 atom stereocenters. The van der Waals surface area contributed by atoms with Gasteiger partial charge in [0.1, 0.15) is 5.69 Å². The van der Waals surface area contributed by atoms with E-state index < -0.39 is 16.1 Å². The first-order chi connectivity index (χ1) is 6.91. The summed E-state index contributed by atoms with van der Waals surface area (Å²) in [5.41, 5.74) is 5.01. The summed E-state index contributed by atoms with van der Waals surface area (Å²) < 4.78 is 25.7. The Balaban J connectivity index is 3.28. The summed E-state index contributed by atoms with van der Waals surface area (Å²) in [6.45, 7) is 2.02. The van der Waals surface area contributed by atoms with Crippen LogP contribution < -0.4 is 5.73 Å². The minimum absolute atomic E-state index is 0.0460. The quantitative estimate of drug-likeness (QED) is 0.767. The fraction of sp³-hybridized carbons (Fsp3) is 0.375. The molecule has 0 bridgehead atoms. The molecular formula is C8H13N3O3S. The largest absolute Gasteiger partial charge is 0.364 e. The van der Waals surface area contributed by atoms with Crippen molar-refractivity contribution >= 4 is 16.1 Å². The van der Waals surface area contributed by atoms with Crippen LogP contribution in [-0.2, 0) is 10.2 Å². The molecule has 0 radical (unpaired) electrons. The highest BCUT2D eigenvalue weighted by Gasteiger charge is 2.22. The highest BCUT2D eigenvalue weighted by molar-refractivity contribution is 7.87. The van der Waals surface area contributed by atoms with Crippen LogP contribution in [0.5, 0.6) is 0 Å². The molecule has 0 aliphatic carbocycles. The zero-order valence-corrected chi connectivity index (χ0v) is 9.36. The summed E-state index contributed by atoms with van der Waals surface area (Å²) in [4.78, 5) is 11.0. The summed E-state index contributed by atoms with van der Waals surface area (Å²) in [7, 11) is -2.24. The number of rotatable bonds is 4. The summed E-state index contributed by atoms with van der Waals surface area (Å²) in [6.07, 6.45) is 1.29. The molecule has 1 rings (SSSR count). The summed E-state index contributed by atoms with van der Waals surface area (Å²) in [6, 6.07) is 2.82. The minimum atomic E-state index is -3.67. The van der Waals surface area contributed by atoms with Gasteiger partial charge in [0.15, 0.2) is 0 Å². The van der Waals surface area contributed by atoms with E-state index in [1.165, 1.54) is 25.4 Å². The van der Waals surface area contributed by atoms with Crippen LogP contribution in [-0.4, -0.2) is 36.2 Å². The van der Waals surface area contributed by atoms with E-state index >= 15 is 0 Å². The molecule has 84 valence electrons. The number of carbonyl (C=O) groups is 1. The Labute approximate surface area is 88.5 Å². The van der Waals surface area contributed by atoms with Crippen LogP contribution >= 0.6 is 0 Å². The third-order valence-corrected chi connectivity index (χ3v) is 3.91. The second-order valence-electron chi connectivity index (χ2n) is 2.98. The van der Waals surface area contributed by atoms with Crippen LogP contribution in [0.25, 0.3) is 0 Å². The molecule has 1 aromatic rings. The standard InChI is InChI=1S/C8H13N3O3S/c1-3-10(2)15(13,14)11-6-4-5-7(11)8(9)12/h4-6H,3H2,1-2H3,(H2,9,12). The maximum atomic E-state index is 11.8. The Kier molecular flexibility index (Phi) is 3.15. The van der Waals surface area contributed by atoms with Gasteiger partial charge in [-0.2, -0.15) is 12.7 Å². The lowest BCUT2D eigenvalue weighted by molar-refractivity contribution is 0.0994. The predicted molar refractivity (Wildman–Crippen MR) is 55.6 cm³/mol. The Hall–Kier alpha value is -1.34. The summed E-state index contributed by atoms with van der Waals surface area (Å²) >= 11 is 0. The van der Waals surface area contributed by atoms with Crippen molar-refractivity contribution in [3.63, 3.8) is 0 Å². The molecule has 1 aromatic heterocycles. The van der Waals surface area contributed by atoms with Crippen molar-refractivity contribution in [2.75, 3.05) is 13.6 Å². The fourth-order valence-electron chi connectivity index (χ4n) is 1.07. The molecular weight excluding hydrogens is 218 g/mol. The monoisotopic (exact) mass is 231 g/mol. The first kappa shape index (κ1) is 11.7. The third kappa shape index (κ3) is 2.02. The molecule has 0 aromatic carbocycles. The maximum Gasteiger partial charge on any atom is 0.307 e. The Morgan fingerprint density at radius 2 is 2.20 bits per heavy atom. The molecule has 1 amide bonds. The van der Waals surface area contributed by atoms with Gasteiger partial charge < -0.3 is 5.73 Å². The van der Waals surface area contributed by atoms with Gasteiger partial charge >= 0.3 is 10.2 Å². The van der Waals surface area contributed by atoms with Crippen molar-refractivity contribution in [2.24, 2.45) is 5.73 Å². The second-order valence-corrected chi connectivity index (χ2v) is 4.89. The Morgan fingerprint density at radius 1 is 1.60 bits per heavy atom. The Morgan fingerprint density at radius 3 is 2.67 bits per heavy atom. The number of primary amides is 1. The van der Waals surface area contributed by atoms with E-state index in [2.05, 4.69) is 0 Å². The molecule has 0 aliphatic heterocycles. The molecule has 0 spiro atoms. The molecule has 15 heavy (non-hydrogen) atoms. The van der Waals surface area contributed by atoms with Gasteiger partial charge in [-0.1, -0.05) is 6.92 Å². The summed E-state index contributed by atoms with van der Waals surface area (Å²) in [5, 5.41) is 0. The van der Waals surface area contributed by atoms with Crippen molar-refractivity contribution in [3.8, 4) is 0 Å². The number of aromatic nitrogens is 1. The van der Waals surface area contributed by atoms with Crippen molar-refractivity contribution in [1.29, 1.82) is 0 Å². The van der Waals surface area contributed by atoms with Gasteiger partial charge in [0, 0.05) is 19.8 Å². The van der Waals surface area contributed by atoms with Gasteiger partial charge in [0.25, 0.3) is 5.91 Å². The van der Waals surface area contributed by atoms with E-state index in [1.54, 1.807) is 6.92 Å². The van der Waals surface area contributed by atoms with E-state index in [0.717, 1.165) is 8.28 Å². The van der Waals surface area contributed by atoms with Crippen LogP contribution in [0.4, 0.5) is 0 Å². The number of carbonyl (C=O) groups excluding carboxylic acids is 1. The average Bonchev–Trinajstić information content (AvgIpc) is 2.65. The van der Waals surface area contributed by atoms with E-state index in [0.29, 0.717) is 6.54 Å². The molecule has 0 saturated carbocycles. The third-order valence-electron chi connectivity index (χ3n) is 2.05. The van der Waals surface area contributed by atoms with Gasteiger partial charge in [0.05, 0.1) is 0 Å². The number of nitrogens with zero attached hydrogens (tertiary/aromatic N) is 2. The zero-order valence-electron chi connectivity index (χ0n) is 8.54. The van der Waals surface area contributed by atoms with Gasteiger partial charge in [-0.3, -0.25) is 4.79 Å². The van der Waals surface area contributed by atoms with Crippen molar-refractivity contribution in [2.45, 2.75) is 6.92 Å². The number of hydrogen-bond acceptors (Lipinski definition) is 3. The van der Waals surface area contributed by atoms with Gasteiger partial charge in [-0.25, -0.2) is 3.97 Å². The molecule has 6 nitrogen and oxygen atoms in total. The van der Waals surface area contributed by atoms with Crippen molar-refractivity contribution in [3.05, 3.63) is 24.0 Å². The first-order valence-corrected chi connectivity index (χ1v) is 5.75. The van der Waals surface area contributed by atoms with Crippen LogP contribution in [0.15, 0.2) is 18.3 Å². The number of nitrogens with two attached hydrogens (primary N) is 1. The lowest BCUT2D eigenvalue weighted by atomic mass is 10.4. The van der Waals surface area contributed by atoms with Crippen LogP contribution in [0.3, 0.4) is 0 Å². The van der Waals surface area contributed by atoms with Gasteiger partial charge in [0.2, 0.25) is 0 Å².